The second-order valence-electron chi connectivity index (χ2n) is 3.37. The Balaban J connectivity index is 2.40. The quantitative estimate of drug-likeness (QED) is 0.818. The van der Waals surface area contributed by atoms with E-state index >= 15 is 0 Å². The SMILES string of the molecule is O=C([O-])/C(=C/c1ccc(Br)cc1)c1cccs1. The number of hydrogen-bond donors (Lipinski definition) is 0. The summed E-state index contributed by atoms with van der Waals surface area (Å²) in [5.41, 5.74) is 1.04. The molecular formula is C13H8BrO2S-. The first-order valence-corrected chi connectivity index (χ1v) is 6.56. The molecule has 2 nitrogen and oxygen atoms in total. The minimum Gasteiger partial charge on any atom is -0.545 e. The summed E-state index contributed by atoms with van der Waals surface area (Å²) in [7, 11) is 0. The van der Waals surface area contributed by atoms with Crippen LogP contribution in [0.25, 0.3) is 11.6 Å². The minimum absolute atomic E-state index is 0.210. The monoisotopic (exact) mass is 307 g/mol. The Morgan fingerprint density at radius 1 is 1.24 bits per heavy atom. The number of benzene rings is 1. The van der Waals surface area contributed by atoms with Gasteiger partial charge in [0.15, 0.2) is 0 Å². The van der Waals surface area contributed by atoms with Crippen molar-refractivity contribution in [2.24, 2.45) is 0 Å². The molecule has 2 rings (SSSR count). The molecule has 86 valence electrons. The van der Waals surface area contributed by atoms with Crippen molar-refractivity contribution in [3.63, 3.8) is 0 Å². The molecule has 0 spiro atoms. The van der Waals surface area contributed by atoms with Crippen LogP contribution in [0.2, 0.25) is 0 Å². The van der Waals surface area contributed by atoms with Crippen LogP contribution in [0.4, 0.5) is 0 Å². The van der Waals surface area contributed by atoms with Crippen molar-refractivity contribution >= 4 is 44.9 Å². The van der Waals surface area contributed by atoms with E-state index in [4.69, 9.17) is 0 Å². The van der Waals surface area contributed by atoms with Crippen LogP contribution in [0.1, 0.15) is 10.4 Å². The Hall–Kier alpha value is -1.39. The highest BCUT2D eigenvalue weighted by Crippen LogP contribution is 2.23. The van der Waals surface area contributed by atoms with Crippen LogP contribution in [0.3, 0.4) is 0 Å². The summed E-state index contributed by atoms with van der Waals surface area (Å²) in [5, 5.41) is 12.9. The Morgan fingerprint density at radius 2 is 1.94 bits per heavy atom. The molecular weight excluding hydrogens is 300 g/mol. The maximum Gasteiger partial charge on any atom is 0.0729 e. The first-order chi connectivity index (χ1) is 8.16. The summed E-state index contributed by atoms with van der Waals surface area (Å²) in [6.45, 7) is 0. The van der Waals surface area contributed by atoms with E-state index in [0.29, 0.717) is 4.88 Å². The van der Waals surface area contributed by atoms with Crippen LogP contribution in [-0.2, 0) is 4.79 Å². The van der Waals surface area contributed by atoms with Crippen molar-refractivity contribution in [3.8, 4) is 0 Å². The molecule has 0 saturated heterocycles. The standard InChI is InChI=1S/C13H9BrO2S/c14-10-5-3-9(4-6-10)8-11(13(15)16)12-2-1-7-17-12/h1-8H,(H,15,16)/p-1/b11-8+. The smallest absolute Gasteiger partial charge is 0.0729 e. The van der Waals surface area contributed by atoms with E-state index in [-0.39, 0.29) is 5.57 Å². The van der Waals surface area contributed by atoms with Gasteiger partial charge in [0.2, 0.25) is 0 Å². The summed E-state index contributed by atoms with van der Waals surface area (Å²) >= 11 is 4.72. The maximum absolute atomic E-state index is 11.1. The van der Waals surface area contributed by atoms with Gasteiger partial charge in [0, 0.05) is 14.9 Å². The summed E-state index contributed by atoms with van der Waals surface area (Å²) in [4.78, 5) is 11.8. The van der Waals surface area contributed by atoms with E-state index in [1.54, 1.807) is 12.1 Å². The molecule has 0 fully saturated rings. The minimum atomic E-state index is -1.16. The van der Waals surface area contributed by atoms with E-state index in [9.17, 15) is 9.90 Å². The van der Waals surface area contributed by atoms with E-state index in [0.717, 1.165) is 10.0 Å². The molecule has 1 heterocycles. The molecule has 0 atom stereocenters. The van der Waals surface area contributed by atoms with Crippen LogP contribution in [0.15, 0.2) is 46.3 Å². The highest BCUT2D eigenvalue weighted by atomic mass is 79.9. The van der Waals surface area contributed by atoms with Crippen LogP contribution in [0.5, 0.6) is 0 Å². The van der Waals surface area contributed by atoms with E-state index in [1.165, 1.54) is 11.3 Å². The summed E-state index contributed by atoms with van der Waals surface area (Å²) in [6.07, 6.45) is 1.62. The van der Waals surface area contributed by atoms with Crippen LogP contribution in [0, 0.1) is 0 Å². The zero-order valence-electron chi connectivity index (χ0n) is 8.72. The second kappa shape index (κ2) is 5.29. The lowest BCUT2D eigenvalue weighted by Crippen LogP contribution is -2.23. The molecule has 0 aliphatic rings. The van der Waals surface area contributed by atoms with Gasteiger partial charge in [-0.3, -0.25) is 0 Å². The molecule has 0 N–H and O–H groups in total. The molecule has 1 aromatic heterocycles. The normalized spacial score (nSPS) is 11.5. The van der Waals surface area contributed by atoms with Crippen molar-refractivity contribution in [3.05, 3.63) is 56.7 Å². The highest BCUT2D eigenvalue weighted by Gasteiger charge is 2.04. The number of halogens is 1. The van der Waals surface area contributed by atoms with E-state index < -0.39 is 5.97 Å². The van der Waals surface area contributed by atoms with Gasteiger partial charge in [-0.1, -0.05) is 34.1 Å². The molecule has 0 saturated carbocycles. The third-order valence-electron chi connectivity index (χ3n) is 2.19. The average molecular weight is 308 g/mol. The molecule has 2 aromatic rings. The van der Waals surface area contributed by atoms with Gasteiger partial charge in [-0.05, 0) is 35.2 Å². The highest BCUT2D eigenvalue weighted by molar-refractivity contribution is 9.10. The number of thiophene rings is 1. The zero-order chi connectivity index (χ0) is 12.3. The molecule has 4 heteroatoms. The largest absolute Gasteiger partial charge is 0.545 e. The number of hydrogen-bond acceptors (Lipinski definition) is 3. The van der Waals surface area contributed by atoms with Gasteiger partial charge >= 0.3 is 0 Å². The molecule has 0 bridgehead atoms. The lowest BCUT2D eigenvalue weighted by atomic mass is 10.1. The van der Waals surface area contributed by atoms with Crippen LogP contribution >= 0.6 is 27.3 Å². The number of carboxylic acid groups (broad SMARTS) is 1. The zero-order valence-corrected chi connectivity index (χ0v) is 11.1. The number of carbonyl (C=O) groups is 1. The van der Waals surface area contributed by atoms with Crippen molar-refractivity contribution in [1.82, 2.24) is 0 Å². The second-order valence-corrected chi connectivity index (χ2v) is 5.24. The fraction of sp³-hybridized carbons (Fsp3) is 0. The van der Waals surface area contributed by atoms with Crippen molar-refractivity contribution in [1.29, 1.82) is 0 Å². The van der Waals surface area contributed by atoms with Crippen LogP contribution < -0.4 is 5.11 Å². The first kappa shape index (κ1) is 12.1. The molecule has 17 heavy (non-hydrogen) atoms. The molecule has 0 unspecified atom stereocenters. The van der Waals surface area contributed by atoms with Crippen molar-refractivity contribution in [2.75, 3.05) is 0 Å². The van der Waals surface area contributed by atoms with Crippen molar-refractivity contribution in [2.45, 2.75) is 0 Å². The van der Waals surface area contributed by atoms with Gasteiger partial charge in [-0.2, -0.15) is 0 Å². The Morgan fingerprint density at radius 3 is 2.47 bits per heavy atom. The van der Waals surface area contributed by atoms with Gasteiger partial charge in [-0.15, -0.1) is 11.3 Å². The number of carbonyl (C=O) groups excluding carboxylic acids is 1. The van der Waals surface area contributed by atoms with Crippen LogP contribution in [-0.4, -0.2) is 5.97 Å². The van der Waals surface area contributed by atoms with Gasteiger partial charge in [0.25, 0.3) is 0 Å². The van der Waals surface area contributed by atoms with Gasteiger partial charge < -0.3 is 9.90 Å². The van der Waals surface area contributed by atoms with Gasteiger partial charge in [-0.25, -0.2) is 0 Å². The lowest BCUT2D eigenvalue weighted by molar-refractivity contribution is -0.295. The Bertz CT molecular complexity index is 541. The molecule has 0 aliphatic heterocycles. The Kier molecular flexibility index (Phi) is 3.76. The topological polar surface area (TPSA) is 40.1 Å². The summed E-state index contributed by atoms with van der Waals surface area (Å²) in [6, 6.07) is 11.0. The number of carboxylic acids is 1. The third kappa shape index (κ3) is 3.05. The molecule has 0 amide bonds. The summed E-state index contributed by atoms with van der Waals surface area (Å²) < 4.78 is 0.959. The Labute approximate surface area is 111 Å². The van der Waals surface area contributed by atoms with Crippen molar-refractivity contribution < 1.29 is 9.90 Å². The number of aliphatic carboxylic acids is 1. The fourth-order valence-electron chi connectivity index (χ4n) is 1.39. The third-order valence-corrected chi connectivity index (χ3v) is 3.62. The van der Waals surface area contributed by atoms with Gasteiger partial charge in [0.05, 0.1) is 5.97 Å². The van der Waals surface area contributed by atoms with Gasteiger partial charge in [0.1, 0.15) is 0 Å². The predicted molar refractivity (Wildman–Crippen MR) is 71.3 cm³/mol. The number of rotatable bonds is 3. The fourth-order valence-corrected chi connectivity index (χ4v) is 2.38. The molecule has 0 aliphatic carbocycles. The van der Waals surface area contributed by atoms with E-state index in [2.05, 4.69) is 15.9 Å². The summed E-state index contributed by atoms with van der Waals surface area (Å²) in [5.74, 6) is -1.16. The average Bonchev–Trinajstić information content (AvgIpc) is 2.81. The molecule has 1 aromatic carbocycles. The molecule has 0 radical (unpaired) electrons. The lowest BCUT2D eigenvalue weighted by Gasteiger charge is -2.06. The first-order valence-electron chi connectivity index (χ1n) is 4.89. The maximum atomic E-state index is 11.1. The van der Waals surface area contributed by atoms with E-state index in [1.807, 2.05) is 35.7 Å². The predicted octanol–water partition coefficient (Wildman–Crippen LogP) is 2.80.